The lowest BCUT2D eigenvalue weighted by atomic mass is 9.78. The smallest absolute Gasteiger partial charge is 0.108 e. The van der Waals surface area contributed by atoms with Gasteiger partial charge in [-0.3, -0.25) is 4.57 Å². The molecule has 0 fully saturated rings. The van der Waals surface area contributed by atoms with Gasteiger partial charge in [-0.05, 0) is 101 Å². The zero-order valence-corrected chi connectivity index (χ0v) is 33.5. The van der Waals surface area contributed by atoms with Crippen LogP contribution < -0.4 is 5.73 Å². The van der Waals surface area contributed by atoms with E-state index in [1.54, 1.807) is 0 Å². The maximum atomic E-state index is 7.54. The van der Waals surface area contributed by atoms with Crippen LogP contribution in [0.15, 0.2) is 223 Å². The number of nitrogens with zero attached hydrogens (tertiary/aromatic N) is 2. The lowest BCUT2D eigenvalue weighted by molar-refractivity contribution is 0.760. The Morgan fingerprint density at radius 3 is 2.02 bits per heavy atom. The molecule has 0 bridgehead atoms. The molecule has 11 rings (SSSR count). The van der Waals surface area contributed by atoms with Crippen molar-refractivity contribution in [1.82, 2.24) is 9.13 Å². The third-order valence-corrected chi connectivity index (χ3v) is 12.6. The molecule has 9 aromatic rings. The topological polar surface area (TPSA) is 35.9 Å². The molecule has 0 saturated carbocycles. The van der Waals surface area contributed by atoms with E-state index in [0.29, 0.717) is 5.82 Å². The molecule has 1 atom stereocenters. The number of nitrogens with two attached hydrogens (primary N) is 1. The summed E-state index contributed by atoms with van der Waals surface area (Å²) in [5.41, 5.74) is 23.7. The van der Waals surface area contributed by atoms with E-state index in [9.17, 15) is 0 Å². The summed E-state index contributed by atoms with van der Waals surface area (Å²) in [6.07, 6.45) is 15.7. The summed E-state index contributed by atoms with van der Waals surface area (Å²) in [7, 11) is 0. The lowest BCUT2D eigenvalue weighted by Gasteiger charge is -2.27. The Bertz CT molecular complexity index is 3240. The Labute approximate surface area is 351 Å². The van der Waals surface area contributed by atoms with Crippen molar-refractivity contribution in [1.29, 1.82) is 0 Å². The number of hydrogen-bond donors (Lipinski definition) is 1. The average molecular weight is 772 g/mol. The van der Waals surface area contributed by atoms with Crippen molar-refractivity contribution in [3.8, 4) is 16.8 Å². The molecule has 2 heterocycles. The molecule has 3 nitrogen and oxygen atoms in total. The van der Waals surface area contributed by atoms with Gasteiger partial charge in [-0.15, -0.1) is 0 Å². The van der Waals surface area contributed by atoms with Gasteiger partial charge in [-0.2, -0.15) is 0 Å². The van der Waals surface area contributed by atoms with E-state index in [1.165, 1.54) is 71.6 Å². The van der Waals surface area contributed by atoms with Gasteiger partial charge < -0.3 is 10.3 Å². The van der Waals surface area contributed by atoms with Crippen LogP contribution in [0.5, 0.6) is 0 Å². The van der Waals surface area contributed by atoms with Crippen LogP contribution >= 0.6 is 0 Å². The van der Waals surface area contributed by atoms with E-state index >= 15 is 0 Å². The molecule has 3 heteroatoms. The average Bonchev–Trinajstić information content (AvgIpc) is 3.84. The van der Waals surface area contributed by atoms with Crippen LogP contribution in [-0.2, 0) is 0 Å². The molecule has 288 valence electrons. The monoisotopic (exact) mass is 771 g/mol. The Morgan fingerprint density at radius 2 is 1.23 bits per heavy atom. The summed E-state index contributed by atoms with van der Waals surface area (Å²) in [5.74, 6) is 0.942. The number of hydrogen-bond acceptors (Lipinski definition) is 1. The highest BCUT2D eigenvalue weighted by molar-refractivity contribution is 6.24. The van der Waals surface area contributed by atoms with Crippen LogP contribution in [0.1, 0.15) is 42.7 Å². The predicted octanol–water partition coefficient (Wildman–Crippen LogP) is 14.5. The van der Waals surface area contributed by atoms with Gasteiger partial charge in [0.25, 0.3) is 0 Å². The molecule has 7 aromatic carbocycles. The second-order valence-corrected chi connectivity index (χ2v) is 16.2. The van der Waals surface area contributed by atoms with Crippen molar-refractivity contribution in [2.45, 2.75) is 31.6 Å². The fourth-order valence-electron chi connectivity index (χ4n) is 9.88. The number of aromatic nitrogens is 2. The summed E-state index contributed by atoms with van der Waals surface area (Å²) >= 11 is 0. The molecule has 2 N–H and O–H groups in total. The highest BCUT2D eigenvalue weighted by Crippen LogP contribution is 2.43. The van der Waals surface area contributed by atoms with Crippen molar-refractivity contribution >= 4 is 55.0 Å². The maximum absolute atomic E-state index is 7.54. The van der Waals surface area contributed by atoms with Crippen molar-refractivity contribution < 1.29 is 0 Å². The number of allylic oxidation sites excluding steroid dienone is 9. The Balaban J connectivity index is 1.09. The minimum atomic E-state index is 0.238. The third-order valence-electron chi connectivity index (χ3n) is 12.6. The molecule has 2 aliphatic carbocycles. The number of benzene rings is 7. The van der Waals surface area contributed by atoms with Crippen LogP contribution in [-0.4, -0.2) is 9.13 Å². The van der Waals surface area contributed by atoms with E-state index in [-0.39, 0.29) is 5.92 Å². The summed E-state index contributed by atoms with van der Waals surface area (Å²) in [6, 6.07) is 63.5. The van der Waals surface area contributed by atoms with Gasteiger partial charge in [0.15, 0.2) is 0 Å². The minimum absolute atomic E-state index is 0.238. The molecule has 0 radical (unpaired) electrons. The van der Waals surface area contributed by atoms with Gasteiger partial charge in [0.1, 0.15) is 5.82 Å². The maximum Gasteiger partial charge on any atom is 0.108 e. The zero-order valence-electron chi connectivity index (χ0n) is 33.5. The molecule has 2 aromatic heterocycles. The largest absolute Gasteiger partial charge is 0.385 e. The quantitative estimate of drug-likeness (QED) is 0.164. The fraction of sp³-hybridized carbons (Fsp3) is 0.0877. The predicted molar refractivity (Wildman–Crippen MR) is 254 cm³/mol. The van der Waals surface area contributed by atoms with E-state index in [0.717, 1.165) is 47.9 Å². The summed E-state index contributed by atoms with van der Waals surface area (Å²) in [4.78, 5) is 0. The van der Waals surface area contributed by atoms with E-state index in [4.69, 9.17) is 5.73 Å². The van der Waals surface area contributed by atoms with Gasteiger partial charge >= 0.3 is 0 Å². The van der Waals surface area contributed by atoms with Gasteiger partial charge in [0, 0.05) is 33.2 Å². The molecule has 0 amide bonds. The first-order chi connectivity index (χ1) is 29.7. The Kier molecular flexibility index (Phi) is 9.01. The first kappa shape index (κ1) is 35.8. The normalized spacial score (nSPS) is 15.9. The summed E-state index contributed by atoms with van der Waals surface area (Å²) in [5, 5.41) is 4.81. The number of fused-ring (bicyclic) bond motifs is 7. The zero-order chi connectivity index (χ0) is 40.0. The minimum Gasteiger partial charge on any atom is -0.385 e. The summed E-state index contributed by atoms with van der Waals surface area (Å²) < 4.78 is 4.73. The van der Waals surface area contributed by atoms with Gasteiger partial charge in [0.2, 0.25) is 0 Å². The molecular weight excluding hydrogens is 727 g/mol. The number of rotatable bonds is 8. The first-order valence-corrected chi connectivity index (χ1v) is 21.2. The molecule has 1 unspecified atom stereocenters. The van der Waals surface area contributed by atoms with Crippen molar-refractivity contribution in [3.05, 3.63) is 234 Å². The second-order valence-electron chi connectivity index (χ2n) is 16.2. The highest BCUT2D eigenvalue weighted by Gasteiger charge is 2.25. The standard InChI is InChI=1S/C57H45N3/c58-55(60-54-32-13-11-29-49(54)51-34-33-50-48-28-10-12-31-53(48)59(56(50)57(51)60)46-26-8-3-9-27-46)38-45-25-16-30-47(41-20-6-2-7-21-41)52(45)36-39-17-14-22-42(35-39)44-24-15-23-43(37-44)40-18-4-1-5-19-40/h1-13,15-21,23-29,31-35,37-38,47H,14,22,30,36,58H2/b55-38+. The van der Waals surface area contributed by atoms with Crippen LogP contribution in [0.3, 0.4) is 0 Å². The van der Waals surface area contributed by atoms with Crippen molar-refractivity contribution in [2.24, 2.45) is 5.73 Å². The van der Waals surface area contributed by atoms with Gasteiger partial charge in [-0.25, -0.2) is 0 Å². The molecule has 60 heavy (non-hydrogen) atoms. The van der Waals surface area contributed by atoms with Crippen molar-refractivity contribution in [2.75, 3.05) is 0 Å². The van der Waals surface area contributed by atoms with Crippen molar-refractivity contribution in [3.63, 3.8) is 0 Å². The van der Waals surface area contributed by atoms with E-state index in [2.05, 4.69) is 215 Å². The van der Waals surface area contributed by atoms with Gasteiger partial charge in [-0.1, -0.05) is 175 Å². The number of para-hydroxylation sites is 3. The van der Waals surface area contributed by atoms with E-state index in [1.807, 2.05) is 0 Å². The lowest BCUT2D eigenvalue weighted by Crippen LogP contribution is -2.12. The van der Waals surface area contributed by atoms with Crippen LogP contribution in [0.4, 0.5) is 0 Å². The third kappa shape index (κ3) is 6.22. The molecule has 2 aliphatic rings. The molecule has 0 aliphatic heterocycles. The summed E-state index contributed by atoms with van der Waals surface area (Å²) in [6.45, 7) is 0. The highest BCUT2D eigenvalue weighted by atomic mass is 15.1. The SMILES string of the molecule is N/C(=C\C1=C(CC2=CCCC(c3cccc(-c4ccccc4)c3)=C2)C(c2ccccc2)CC=C1)n1c2ccccc2c2ccc3c4ccccc4n(-c4ccccc4)c3c21. The molecule has 0 saturated heterocycles. The Morgan fingerprint density at radius 1 is 0.600 bits per heavy atom. The fourth-order valence-corrected chi connectivity index (χ4v) is 9.88. The Hall–Kier alpha value is -7.36. The van der Waals surface area contributed by atoms with Crippen LogP contribution in [0.25, 0.3) is 71.8 Å². The first-order valence-electron chi connectivity index (χ1n) is 21.2. The molecule has 0 spiro atoms. The second kappa shape index (κ2) is 15.1. The van der Waals surface area contributed by atoms with Gasteiger partial charge in [0.05, 0.1) is 22.1 Å². The molecular formula is C57H45N3. The van der Waals surface area contributed by atoms with Crippen LogP contribution in [0.2, 0.25) is 0 Å². The van der Waals surface area contributed by atoms with E-state index < -0.39 is 0 Å². The van der Waals surface area contributed by atoms with Crippen LogP contribution in [0, 0.1) is 0 Å².